The Morgan fingerprint density at radius 2 is 1.38 bits per heavy atom. The lowest BCUT2D eigenvalue weighted by atomic mass is 10.0. The monoisotopic (exact) mass is 320 g/mol. The van der Waals surface area contributed by atoms with Gasteiger partial charge in [-0.25, -0.2) is 0 Å². The average molecular weight is 320 g/mol. The van der Waals surface area contributed by atoms with E-state index in [0.29, 0.717) is 18.4 Å². The molecule has 1 saturated carbocycles. The summed E-state index contributed by atoms with van der Waals surface area (Å²) >= 11 is 0. The highest BCUT2D eigenvalue weighted by Gasteiger charge is 2.52. The van der Waals surface area contributed by atoms with Crippen LogP contribution in [0.1, 0.15) is 35.8 Å². The molecule has 1 N–H and O–H groups in total. The second-order valence-corrected chi connectivity index (χ2v) is 6.95. The number of carbonyl (C=O) groups excluding carboxylic acids is 1. The summed E-state index contributed by atoms with van der Waals surface area (Å²) < 4.78 is 0. The third kappa shape index (κ3) is 3.22. The number of nitrogens with one attached hydrogen (secondary N) is 1. The van der Waals surface area contributed by atoms with Crippen LogP contribution in [0.4, 0.5) is 0 Å². The molecule has 0 radical (unpaired) electrons. The van der Waals surface area contributed by atoms with Crippen molar-refractivity contribution in [2.75, 3.05) is 19.6 Å². The fourth-order valence-electron chi connectivity index (χ4n) is 4.05. The number of amides is 1. The summed E-state index contributed by atoms with van der Waals surface area (Å²) in [5.41, 5.74) is 2.63. The summed E-state index contributed by atoms with van der Waals surface area (Å²) in [4.78, 5) is 14.7. The van der Waals surface area contributed by atoms with Crippen LogP contribution < -0.4 is 5.32 Å². The van der Waals surface area contributed by atoms with Crippen LogP contribution in [0.3, 0.4) is 0 Å². The van der Waals surface area contributed by atoms with E-state index >= 15 is 0 Å². The van der Waals surface area contributed by atoms with Crippen molar-refractivity contribution in [1.29, 1.82) is 0 Å². The van der Waals surface area contributed by atoms with E-state index in [9.17, 15) is 4.79 Å². The molecule has 0 aromatic heterocycles. The van der Waals surface area contributed by atoms with Crippen molar-refractivity contribution in [1.82, 2.24) is 10.2 Å². The van der Waals surface area contributed by atoms with Crippen molar-refractivity contribution in [3.8, 4) is 0 Å². The molecule has 1 saturated heterocycles. The molecular formula is C21H24N2O. The molecule has 3 heteroatoms. The predicted molar refractivity (Wildman–Crippen MR) is 96.0 cm³/mol. The molecule has 1 aliphatic carbocycles. The van der Waals surface area contributed by atoms with Crippen molar-refractivity contribution < 1.29 is 4.79 Å². The van der Waals surface area contributed by atoms with Crippen LogP contribution in [-0.2, 0) is 4.79 Å². The molecule has 0 bridgehead atoms. The van der Waals surface area contributed by atoms with Crippen LogP contribution >= 0.6 is 0 Å². The van der Waals surface area contributed by atoms with Gasteiger partial charge in [0.1, 0.15) is 0 Å². The van der Waals surface area contributed by atoms with Gasteiger partial charge in [-0.2, -0.15) is 0 Å². The summed E-state index contributed by atoms with van der Waals surface area (Å²) in [7, 11) is 0. The van der Waals surface area contributed by atoms with Crippen LogP contribution in [0.15, 0.2) is 60.7 Å². The lowest BCUT2D eigenvalue weighted by Gasteiger charge is -2.14. The minimum Gasteiger partial charge on any atom is -0.351 e. The van der Waals surface area contributed by atoms with Gasteiger partial charge in [0.05, 0.1) is 6.54 Å². The van der Waals surface area contributed by atoms with Gasteiger partial charge in [-0.1, -0.05) is 60.7 Å². The largest absolute Gasteiger partial charge is 0.351 e. The zero-order chi connectivity index (χ0) is 16.4. The van der Waals surface area contributed by atoms with Crippen LogP contribution in [0.2, 0.25) is 0 Å². The molecular weight excluding hydrogens is 296 g/mol. The summed E-state index contributed by atoms with van der Waals surface area (Å²) in [6.07, 6.45) is 2.44. The molecule has 2 fully saturated rings. The zero-order valence-corrected chi connectivity index (χ0v) is 13.9. The summed E-state index contributed by atoms with van der Waals surface area (Å²) in [6.45, 7) is 2.66. The van der Waals surface area contributed by atoms with Crippen molar-refractivity contribution in [3.63, 3.8) is 0 Å². The van der Waals surface area contributed by atoms with E-state index in [1.807, 2.05) is 12.1 Å². The first kappa shape index (κ1) is 15.4. The molecule has 2 aromatic carbocycles. The first-order chi connectivity index (χ1) is 11.8. The lowest BCUT2D eigenvalue weighted by molar-refractivity contribution is -0.122. The van der Waals surface area contributed by atoms with Gasteiger partial charge >= 0.3 is 0 Å². The maximum atomic E-state index is 12.5. The van der Waals surface area contributed by atoms with Gasteiger partial charge in [-0.3, -0.25) is 9.69 Å². The molecule has 1 amide bonds. The molecule has 3 nitrogen and oxygen atoms in total. The average Bonchev–Trinajstić information content (AvgIpc) is 3.08. The smallest absolute Gasteiger partial charge is 0.234 e. The molecule has 1 aliphatic heterocycles. The van der Waals surface area contributed by atoms with Gasteiger partial charge in [0.15, 0.2) is 0 Å². The maximum Gasteiger partial charge on any atom is 0.234 e. The number of hydrogen-bond donors (Lipinski definition) is 1. The van der Waals surface area contributed by atoms with E-state index in [2.05, 4.69) is 58.7 Å². The molecule has 1 unspecified atom stereocenters. The first-order valence-electron chi connectivity index (χ1n) is 8.94. The normalized spacial score (nSPS) is 26.2. The van der Waals surface area contributed by atoms with Crippen molar-refractivity contribution in [3.05, 3.63) is 71.8 Å². The number of likely N-dealkylation sites (tertiary alicyclic amines) is 1. The van der Waals surface area contributed by atoms with E-state index in [-0.39, 0.29) is 11.9 Å². The fourth-order valence-corrected chi connectivity index (χ4v) is 4.05. The lowest BCUT2D eigenvalue weighted by Crippen LogP contribution is -2.37. The standard InChI is InChI=1S/C21H24N2O/c24-18(15-23-13-7-8-14-23)22-21-19(16-9-3-1-4-10-16)20(21)17-11-5-2-6-12-17/h1-6,9-12,19-21H,7-8,13-15H2,(H,22,24)/t19-,20+,21?. The van der Waals surface area contributed by atoms with Crippen LogP contribution in [0, 0.1) is 0 Å². The zero-order valence-electron chi connectivity index (χ0n) is 13.9. The molecule has 24 heavy (non-hydrogen) atoms. The topological polar surface area (TPSA) is 32.3 Å². The number of hydrogen-bond acceptors (Lipinski definition) is 2. The molecule has 1 heterocycles. The van der Waals surface area contributed by atoms with E-state index in [4.69, 9.17) is 0 Å². The second-order valence-electron chi connectivity index (χ2n) is 6.95. The number of benzene rings is 2. The Morgan fingerprint density at radius 3 is 1.88 bits per heavy atom. The maximum absolute atomic E-state index is 12.5. The van der Waals surface area contributed by atoms with E-state index < -0.39 is 0 Å². The third-order valence-electron chi connectivity index (χ3n) is 5.28. The highest BCUT2D eigenvalue weighted by atomic mass is 16.2. The number of rotatable bonds is 5. The van der Waals surface area contributed by atoms with Gasteiger partial charge in [0.25, 0.3) is 0 Å². The van der Waals surface area contributed by atoms with Crippen molar-refractivity contribution in [2.24, 2.45) is 0 Å². The Morgan fingerprint density at radius 1 is 0.875 bits per heavy atom. The van der Waals surface area contributed by atoms with Gasteiger partial charge in [0, 0.05) is 17.9 Å². The van der Waals surface area contributed by atoms with Crippen LogP contribution in [0.5, 0.6) is 0 Å². The predicted octanol–water partition coefficient (Wildman–Crippen LogP) is 3.15. The summed E-state index contributed by atoms with van der Waals surface area (Å²) in [5, 5.41) is 3.30. The van der Waals surface area contributed by atoms with Gasteiger partial charge in [-0.05, 0) is 37.1 Å². The van der Waals surface area contributed by atoms with Crippen molar-refractivity contribution in [2.45, 2.75) is 30.7 Å². The molecule has 4 rings (SSSR count). The van der Waals surface area contributed by atoms with Crippen LogP contribution in [-0.4, -0.2) is 36.5 Å². The van der Waals surface area contributed by atoms with Gasteiger partial charge in [0.2, 0.25) is 5.91 Å². The van der Waals surface area contributed by atoms with E-state index in [1.165, 1.54) is 24.0 Å². The first-order valence-corrected chi connectivity index (χ1v) is 8.94. The number of nitrogens with zero attached hydrogens (tertiary/aromatic N) is 1. The summed E-state index contributed by atoms with van der Waals surface area (Å²) in [5.74, 6) is 0.938. The Kier molecular flexibility index (Phi) is 4.35. The van der Waals surface area contributed by atoms with Crippen LogP contribution in [0.25, 0.3) is 0 Å². The Bertz CT molecular complexity index is 634. The molecule has 3 atom stereocenters. The van der Waals surface area contributed by atoms with Gasteiger partial charge < -0.3 is 5.32 Å². The second kappa shape index (κ2) is 6.78. The third-order valence-corrected chi connectivity index (χ3v) is 5.28. The molecule has 2 aliphatic rings. The van der Waals surface area contributed by atoms with E-state index in [1.54, 1.807) is 0 Å². The molecule has 124 valence electrons. The van der Waals surface area contributed by atoms with E-state index in [0.717, 1.165) is 13.1 Å². The fraction of sp³-hybridized carbons (Fsp3) is 0.381. The van der Waals surface area contributed by atoms with Gasteiger partial charge in [-0.15, -0.1) is 0 Å². The molecule has 2 aromatic rings. The highest BCUT2D eigenvalue weighted by Crippen LogP contribution is 2.54. The highest BCUT2D eigenvalue weighted by molar-refractivity contribution is 5.79. The van der Waals surface area contributed by atoms with Crippen molar-refractivity contribution >= 4 is 5.91 Å². The Balaban J connectivity index is 1.48. The quantitative estimate of drug-likeness (QED) is 0.918. The summed E-state index contributed by atoms with van der Waals surface area (Å²) in [6, 6.07) is 21.3. The minimum absolute atomic E-state index is 0.168. The SMILES string of the molecule is O=C(CN1CCCC1)NC1[C@@H](c2ccccc2)[C@H]1c1ccccc1. The minimum atomic E-state index is 0.168. The molecule has 0 spiro atoms. The number of carbonyl (C=O) groups is 1. The Labute approximate surface area is 143 Å². The Hall–Kier alpha value is -2.13.